The Bertz CT molecular complexity index is 464. The number of hydrogen-bond donors (Lipinski definition) is 1. The number of rotatable bonds is 3. The molecule has 1 saturated carbocycles. The van der Waals surface area contributed by atoms with Gasteiger partial charge in [0.1, 0.15) is 5.75 Å². The number of fused-ring (bicyclic) bond motifs is 1. The number of ether oxygens (including phenoxy) is 1. The smallest absolute Gasteiger partial charge is 0.224 e. The standard InChI is InChI=1S/C16H21NO2/c18-16-9-6-13-10-14(7-8-15(13)17-16)19-11-12-4-2-1-3-5-12/h7-8,10,12H,1-6,9,11H2,(H,17,18). The maximum atomic E-state index is 11.3. The van der Waals surface area contributed by atoms with Crippen LogP contribution in [0.4, 0.5) is 5.69 Å². The molecule has 19 heavy (non-hydrogen) atoms. The molecule has 0 spiro atoms. The predicted octanol–water partition coefficient (Wildman–Crippen LogP) is 3.53. The number of hydrogen-bond acceptors (Lipinski definition) is 2. The highest BCUT2D eigenvalue weighted by Crippen LogP contribution is 2.28. The van der Waals surface area contributed by atoms with Crippen LogP contribution in [0.5, 0.6) is 5.75 Å². The highest BCUT2D eigenvalue weighted by atomic mass is 16.5. The molecule has 1 N–H and O–H groups in total. The normalized spacial score (nSPS) is 19.7. The summed E-state index contributed by atoms with van der Waals surface area (Å²) in [5.41, 5.74) is 2.14. The Morgan fingerprint density at radius 1 is 1.16 bits per heavy atom. The molecule has 102 valence electrons. The average molecular weight is 259 g/mol. The summed E-state index contributed by atoms with van der Waals surface area (Å²) in [5, 5.41) is 2.90. The van der Waals surface area contributed by atoms with Crippen LogP contribution in [0.3, 0.4) is 0 Å². The van der Waals surface area contributed by atoms with E-state index in [1.54, 1.807) is 0 Å². The van der Waals surface area contributed by atoms with Crippen LogP contribution in [0, 0.1) is 5.92 Å². The minimum Gasteiger partial charge on any atom is -0.493 e. The van der Waals surface area contributed by atoms with Crippen LogP contribution in [0.25, 0.3) is 0 Å². The van der Waals surface area contributed by atoms with E-state index in [4.69, 9.17) is 4.74 Å². The minimum absolute atomic E-state index is 0.114. The number of amides is 1. The van der Waals surface area contributed by atoms with E-state index < -0.39 is 0 Å². The lowest BCUT2D eigenvalue weighted by atomic mass is 9.90. The topological polar surface area (TPSA) is 38.3 Å². The van der Waals surface area contributed by atoms with Gasteiger partial charge in [-0.15, -0.1) is 0 Å². The zero-order valence-corrected chi connectivity index (χ0v) is 11.3. The summed E-state index contributed by atoms with van der Waals surface area (Å²) in [6.45, 7) is 0.838. The minimum atomic E-state index is 0.114. The Morgan fingerprint density at radius 2 is 2.00 bits per heavy atom. The zero-order chi connectivity index (χ0) is 13.1. The summed E-state index contributed by atoms with van der Waals surface area (Å²) in [4.78, 5) is 11.3. The van der Waals surface area contributed by atoms with E-state index in [9.17, 15) is 4.79 Å². The molecule has 1 aromatic carbocycles. The summed E-state index contributed by atoms with van der Waals surface area (Å²) in [6.07, 6.45) is 8.10. The van der Waals surface area contributed by atoms with Crippen molar-refractivity contribution in [2.45, 2.75) is 44.9 Å². The SMILES string of the molecule is O=C1CCc2cc(OCC3CCCCC3)ccc2N1. The second-order valence-electron chi connectivity index (χ2n) is 5.68. The highest BCUT2D eigenvalue weighted by Gasteiger charge is 2.16. The molecule has 0 atom stereocenters. The quantitative estimate of drug-likeness (QED) is 0.901. The molecule has 1 aliphatic carbocycles. The van der Waals surface area contributed by atoms with Crippen molar-refractivity contribution in [2.24, 2.45) is 5.92 Å². The zero-order valence-electron chi connectivity index (χ0n) is 11.3. The molecule has 1 aromatic rings. The highest BCUT2D eigenvalue weighted by molar-refractivity contribution is 5.93. The first-order chi connectivity index (χ1) is 9.31. The number of nitrogens with one attached hydrogen (secondary N) is 1. The number of carbonyl (C=O) groups excluding carboxylic acids is 1. The van der Waals surface area contributed by atoms with Gasteiger partial charge in [0, 0.05) is 12.1 Å². The molecule has 0 saturated heterocycles. The van der Waals surface area contributed by atoms with Crippen molar-refractivity contribution >= 4 is 11.6 Å². The monoisotopic (exact) mass is 259 g/mol. The van der Waals surface area contributed by atoms with Crippen LogP contribution in [-0.4, -0.2) is 12.5 Å². The summed E-state index contributed by atoms with van der Waals surface area (Å²) in [5.74, 6) is 1.79. The molecule has 3 nitrogen and oxygen atoms in total. The predicted molar refractivity (Wildman–Crippen MR) is 75.5 cm³/mol. The van der Waals surface area contributed by atoms with E-state index >= 15 is 0 Å². The molecule has 1 aliphatic heterocycles. The molecule has 3 rings (SSSR count). The molecule has 0 unspecified atom stereocenters. The van der Waals surface area contributed by atoms with Crippen molar-refractivity contribution in [1.29, 1.82) is 0 Å². The number of benzene rings is 1. The number of carbonyl (C=O) groups is 1. The number of anilines is 1. The van der Waals surface area contributed by atoms with Gasteiger partial charge in [0.05, 0.1) is 6.61 Å². The molecule has 0 aromatic heterocycles. The average Bonchev–Trinajstić information content (AvgIpc) is 2.46. The molecule has 1 heterocycles. The van der Waals surface area contributed by atoms with Gasteiger partial charge in [0.25, 0.3) is 0 Å². The van der Waals surface area contributed by atoms with Crippen molar-refractivity contribution < 1.29 is 9.53 Å². The summed E-state index contributed by atoms with van der Waals surface area (Å²) in [6, 6.07) is 6.01. The van der Waals surface area contributed by atoms with Gasteiger partial charge >= 0.3 is 0 Å². The van der Waals surface area contributed by atoms with E-state index in [-0.39, 0.29) is 5.91 Å². The van der Waals surface area contributed by atoms with Crippen molar-refractivity contribution in [3.05, 3.63) is 23.8 Å². The van der Waals surface area contributed by atoms with Gasteiger partial charge in [-0.2, -0.15) is 0 Å². The van der Waals surface area contributed by atoms with Gasteiger partial charge < -0.3 is 10.1 Å². The van der Waals surface area contributed by atoms with Crippen LogP contribution < -0.4 is 10.1 Å². The second-order valence-corrected chi connectivity index (χ2v) is 5.68. The van der Waals surface area contributed by atoms with Gasteiger partial charge in [0.15, 0.2) is 0 Å². The summed E-state index contributed by atoms with van der Waals surface area (Å²) < 4.78 is 5.93. The van der Waals surface area contributed by atoms with Gasteiger partial charge in [-0.05, 0) is 48.9 Å². The maximum Gasteiger partial charge on any atom is 0.224 e. The fourth-order valence-electron chi connectivity index (χ4n) is 3.02. The lowest BCUT2D eigenvalue weighted by Crippen LogP contribution is -2.19. The first kappa shape index (κ1) is 12.5. The fourth-order valence-corrected chi connectivity index (χ4v) is 3.02. The fraction of sp³-hybridized carbons (Fsp3) is 0.562. The second kappa shape index (κ2) is 5.64. The Hall–Kier alpha value is -1.51. The van der Waals surface area contributed by atoms with E-state index in [0.717, 1.165) is 30.4 Å². The van der Waals surface area contributed by atoms with Crippen LogP contribution in [0.2, 0.25) is 0 Å². The molecule has 1 fully saturated rings. The summed E-state index contributed by atoms with van der Waals surface area (Å²) in [7, 11) is 0. The maximum absolute atomic E-state index is 11.3. The third-order valence-electron chi connectivity index (χ3n) is 4.18. The lowest BCUT2D eigenvalue weighted by molar-refractivity contribution is -0.116. The van der Waals surface area contributed by atoms with Gasteiger partial charge in [-0.1, -0.05) is 19.3 Å². The largest absolute Gasteiger partial charge is 0.493 e. The van der Waals surface area contributed by atoms with Crippen molar-refractivity contribution in [3.63, 3.8) is 0 Å². The number of aryl methyl sites for hydroxylation is 1. The van der Waals surface area contributed by atoms with Gasteiger partial charge in [-0.3, -0.25) is 4.79 Å². The van der Waals surface area contributed by atoms with E-state index in [0.29, 0.717) is 6.42 Å². The molecule has 3 heteroatoms. The lowest BCUT2D eigenvalue weighted by Gasteiger charge is -2.22. The van der Waals surface area contributed by atoms with Crippen LogP contribution in [-0.2, 0) is 11.2 Å². The van der Waals surface area contributed by atoms with E-state index in [1.807, 2.05) is 12.1 Å². The van der Waals surface area contributed by atoms with Crippen LogP contribution >= 0.6 is 0 Å². The first-order valence-electron chi connectivity index (χ1n) is 7.37. The molecule has 0 bridgehead atoms. The Balaban J connectivity index is 1.60. The molecule has 1 amide bonds. The first-order valence-corrected chi connectivity index (χ1v) is 7.37. The van der Waals surface area contributed by atoms with Gasteiger partial charge in [0.2, 0.25) is 5.91 Å². The van der Waals surface area contributed by atoms with Crippen LogP contribution in [0.1, 0.15) is 44.1 Å². The van der Waals surface area contributed by atoms with Gasteiger partial charge in [-0.25, -0.2) is 0 Å². The van der Waals surface area contributed by atoms with E-state index in [1.165, 1.54) is 37.7 Å². The molecular weight excluding hydrogens is 238 g/mol. The van der Waals surface area contributed by atoms with Crippen molar-refractivity contribution in [3.8, 4) is 5.75 Å². The molecule has 2 aliphatic rings. The third kappa shape index (κ3) is 3.09. The third-order valence-corrected chi connectivity index (χ3v) is 4.18. The van der Waals surface area contributed by atoms with Crippen LogP contribution in [0.15, 0.2) is 18.2 Å². The Kier molecular flexibility index (Phi) is 3.72. The molecular formula is C16H21NO2. The Labute approximate surface area is 114 Å². The van der Waals surface area contributed by atoms with Crippen molar-refractivity contribution in [1.82, 2.24) is 0 Å². The summed E-state index contributed by atoms with van der Waals surface area (Å²) >= 11 is 0. The Morgan fingerprint density at radius 3 is 2.84 bits per heavy atom. The molecule has 0 radical (unpaired) electrons. The van der Waals surface area contributed by atoms with E-state index in [2.05, 4.69) is 11.4 Å². The van der Waals surface area contributed by atoms with Crippen molar-refractivity contribution in [2.75, 3.05) is 11.9 Å².